The number of carboxylic acid groups (broad SMARTS) is 1. The van der Waals surface area contributed by atoms with Crippen LogP contribution >= 0.6 is 22.6 Å². The van der Waals surface area contributed by atoms with Crippen molar-refractivity contribution in [1.82, 2.24) is 4.90 Å². The lowest BCUT2D eigenvalue weighted by Gasteiger charge is -2.29. The average molecular weight is 297 g/mol. The summed E-state index contributed by atoms with van der Waals surface area (Å²) in [4.78, 5) is 23.6. The van der Waals surface area contributed by atoms with Gasteiger partial charge >= 0.3 is 5.97 Å². The van der Waals surface area contributed by atoms with Crippen LogP contribution in [-0.2, 0) is 9.59 Å². The highest BCUT2D eigenvalue weighted by Gasteiger charge is 2.26. The average Bonchev–Trinajstić information content (AvgIpc) is 2.17. The normalized spacial score (nSPS) is 18.7. The van der Waals surface area contributed by atoms with Crippen molar-refractivity contribution in [2.75, 3.05) is 17.5 Å². The number of nitrogens with zero attached hydrogens (tertiary/aromatic N) is 1. The first kappa shape index (κ1) is 10.7. The first-order valence-electron chi connectivity index (χ1n) is 4.21. The second-order valence-corrected chi connectivity index (χ2v) is 3.89. The Balaban J connectivity index is 2.39. The van der Waals surface area contributed by atoms with E-state index in [-0.39, 0.29) is 11.8 Å². The summed E-state index contributed by atoms with van der Waals surface area (Å²) in [6.45, 7) is 1.19. The molecule has 0 aromatic carbocycles. The number of rotatable bonds is 2. The van der Waals surface area contributed by atoms with Crippen LogP contribution in [0, 0.1) is 5.92 Å². The van der Waals surface area contributed by atoms with Gasteiger partial charge in [0.2, 0.25) is 5.91 Å². The molecule has 1 heterocycles. The molecular weight excluding hydrogens is 285 g/mol. The number of carboxylic acids is 1. The molecule has 0 radical (unpaired) electrons. The summed E-state index contributed by atoms with van der Waals surface area (Å²) < 4.78 is 0.482. The fourth-order valence-electron chi connectivity index (χ4n) is 1.46. The molecule has 1 aliphatic heterocycles. The standard InChI is InChI=1S/C8H12INO3/c9-5-7(11)10-3-1-6(2-4-10)8(12)13/h6H,1-5H2,(H,12,13). The van der Waals surface area contributed by atoms with Gasteiger partial charge in [0.05, 0.1) is 10.3 Å². The van der Waals surface area contributed by atoms with E-state index in [1.54, 1.807) is 4.90 Å². The van der Waals surface area contributed by atoms with Crippen molar-refractivity contribution < 1.29 is 14.7 Å². The zero-order valence-corrected chi connectivity index (χ0v) is 9.36. The van der Waals surface area contributed by atoms with E-state index < -0.39 is 5.97 Å². The van der Waals surface area contributed by atoms with Crippen LogP contribution in [-0.4, -0.2) is 39.4 Å². The van der Waals surface area contributed by atoms with Crippen molar-refractivity contribution in [2.24, 2.45) is 5.92 Å². The Hall–Kier alpha value is -0.330. The highest BCUT2D eigenvalue weighted by Crippen LogP contribution is 2.17. The molecule has 0 bridgehead atoms. The summed E-state index contributed by atoms with van der Waals surface area (Å²) >= 11 is 2.03. The van der Waals surface area contributed by atoms with Gasteiger partial charge in [-0.1, -0.05) is 22.6 Å². The molecule has 0 atom stereocenters. The molecule has 5 heteroatoms. The molecule has 13 heavy (non-hydrogen) atoms. The van der Waals surface area contributed by atoms with Crippen molar-refractivity contribution in [2.45, 2.75) is 12.8 Å². The van der Waals surface area contributed by atoms with Crippen molar-refractivity contribution in [3.8, 4) is 0 Å². The molecule has 0 spiro atoms. The minimum Gasteiger partial charge on any atom is -0.481 e. The molecule has 1 fully saturated rings. The number of hydrogen-bond donors (Lipinski definition) is 1. The first-order chi connectivity index (χ1) is 6.15. The van der Waals surface area contributed by atoms with Crippen LogP contribution in [0.15, 0.2) is 0 Å². The second-order valence-electron chi connectivity index (χ2n) is 3.13. The summed E-state index contributed by atoms with van der Waals surface area (Å²) in [6.07, 6.45) is 1.19. The lowest BCUT2D eigenvalue weighted by atomic mass is 9.97. The van der Waals surface area contributed by atoms with E-state index in [1.807, 2.05) is 22.6 Å². The lowest BCUT2D eigenvalue weighted by molar-refractivity contribution is -0.145. The summed E-state index contributed by atoms with van der Waals surface area (Å²) in [5.74, 6) is -0.871. The third kappa shape index (κ3) is 2.82. The Morgan fingerprint density at radius 2 is 1.92 bits per heavy atom. The Kier molecular flexibility index (Phi) is 3.95. The maximum absolute atomic E-state index is 11.2. The third-order valence-corrected chi connectivity index (χ3v) is 2.96. The van der Waals surface area contributed by atoms with Gasteiger partial charge in [0.25, 0.3) is 0 Å². The van der Waals surface area contributed by atoms with Crippen LogP contribution in [0.4, 0.5) is 0 Å². The van der Waals surface area contributed by atoms with Crippen molar-refractivity contribution >= 4 is 34.5 Å². The van der Waals surface area contributed by atoms with Crippen LogP contribution in [0.1, 0.15) is 12.8 Å². The van der Waals surface area contributed by atoms with Crippen LogP contribution in [0.25, 0.3) is 0 Å². The molecule has 0 aromatic heterocycles. The molecule has 1 rings (SSSR count). The summed E-state index contributed by atoms with van der Waals surface area (Å²) in [5, 5.41) is 8.72. The van der Waals surface area contributed by atoms with Gasteiger partial charge in [0, 0.05) is 13.1 Å². The molecule has 0 unspecified atom stereocenters. The van der Waals surface area contributed by atoms with Gasteiger partial charge in [0.1, 0.15) is 0 Å². The number of carbonyl (C=O) groups is 2. The predicted molar refractivity (Wildman–Crippen MR) is 55.8 cm³/mol. The molecular formula is C8H12INO3. The minimum absolute atomic E-state index is 0.115. The van der Waals surface area contributed by atoms with E-state index in [1.165, 1.54) is 0 Å². The topological polar surface area (TPSA) is 57.6 Å². The van der Waals surface area contributed by atoms with Gasteiger partial charge in [-0.15, -0.1) is 0 Å². The quantitative estimate of drug-likeness (QED) is 0.604. The predicted octanol–water partition coefficient (Wildman–Crippen LogP) is 0.745. The molecule has 1 saturated heterocycles. The van der Waals surface area contributed by atoms with Gasteiger partial charge in [0.15, 0.2) is 0 Å². The Labute approximate surface area is 90.4 Å². The van der Waals surface area contributed by atoms with Gasteiger partial charge in [-0.2, -0.15) is 0 Å². The second kappa shape index (κ2) is 4.78. The number of carbonyl (C=O) groups excluding carboxylic acids is 1. The summed E-state index contributed by atoms with van der Waals surface area (Å²) in [6, 6.07) is 0. The third-order valence-electron chi connectivity index (χ3n) is 2.31. The van der Waals surface area contributed by atoms with Gasteiger partial charge < -0.3 is 10.0 Å². The number of piperidine rings is 1. The molecule has 0 saturated carbocycles. The number of alkyl halides is 1. The van der Waals surface area contributed by atoms with E-state index in [2.05, 4.69) is 0 Å². The number of halogens is 1. The summed E-state index contributed by atoms with van der Waals surface area (Å²) in [5.41, 5.74) is 0. The summed E-state index contributed by atoms with van der Waals surface area (Å²) in [7, 11) is 0. The monoisotopic (exact) mass is 297 g/mol. The molecule has 1 amide bonds. The fraction of sp³-hybridized carbons (Fsp3) is 0.750. The van der Waals surface area contributed by atoms with Crippen LogP contribution in [0.2, 0.25) is 0 Å². The SMILES string of the molecule is O=C(O)C1CCN(C(=O)CI)CC1. The Morgan fingerprint density at radius 3 is 2.31 bits per heavy atom. The molecule has 0 aliphatic carbocycles. The molecule has 0 aromatic rings. The van der Waals surface area contributed by atoms with Crippen LogP contribution < -0.4 is 0 Å². The van der Waals surface area contributed by atoms with E-state index in [9.17, 15) is 9.59 Å². The van der Waals surface area contributed by atoms with E-state index in [0.29, 0.717) is 30.4 Å². The fourth-order valence-corrected chi connectivity index (χ4v) is 1.94. The first-order valence-corrected chi connectivity index (χ1v) is 5.74. The largest absolute Gasteiger partial charge is 0.481 e. The number of hydrogen-bond acceptors (Lipinski definition) is 2. The smallest absolute Gasteiger partial charge is 0.306 e. The molecule has 4 nitrogen and oxygen atoms in total. The van der Waals surface area contributed by atoms with Crippen molar-refractivity contribution in [3.63, 3.8) is 0 Å². The van der Waals surface area contributed by atoms with Gasteiger partial charge in [-0.3, -0.25) is 9.59 Å². The van der Waals surface area contributed by atoms with Crippen LogP contribution in [0.5, 0.6) is 0 Å². The number of amides is 1. The molecule has 74 valence electrons. The zero-order chi connectivity index (χ0) is 9.84. The van der Waals surface area contributed by atoms with Crippen LogP contribution in [0.3, 0.4) is 0 Å². The number of aliphatic carboxylic acids is 1. The van der Waals surface area contributed by atoms with E-state index in [0.717, 1.165) is 0 Å². The maximum atomic E-state index is 11.2. The highest BCUT2D eigenvalue weighted by atomic mass is 127. The lowest BCUT2D eigenvalue weighted by Crippen LogP contribution is -2.40. The van der Waals surface area contributed by atoms with Gasteiger partial charge in [-0.05, 0) is 12.8 Å². The number of likely N-dealkylation sites (tertiary alicyclic amines) is 1. The van der Waals surface area contributed by atoms with E-state index in [4.69, 9.17) is 5.11 Å². The Morgan fingerprint density at radius 1 is 1.38 bits per heavy atom. The zero-order valence-electron chi connectivity index (χ0n) is 7.20. The molecule has 1 N–H and O–H groups in total. The maximum Gasteiger partial charge on any atom is 0.306 e. The minimum atomic E-state index is -0.735. The highest BCUT2D eigenvalue weighted by molar-refractivity contribution is 14.1. The van der Waals surface area contributed by atoms with Crippen molar-refractivity contribution in [1.29, 1.82) is 0 Å². The van der Waals surface area contributed by atoms with E-state index >= 15 is 0 Å². The van der Waals surface area contributed by atoms with Gasteiger partial charge in [-0.25, -0.2) is 0 Å². The van der Waals surface area contributed by atoms with Crippen molar-refractivity contribution in [3.05, 3.63) is 0 Å². The molecule has 1 aliphatic rings. The Bertz CT molecular complexity index is 211.